The number of epoxide rings is 1. The summed E-state index contributed by atoms with van der Waals surface area (Å²) >= 11 is 0. The summed E-state index contributed by atoms with van der Waals surface area (Å²) in [7, 11) is 0. The van der Waals surface area contributed by atoms with Crippen LogP contribution < -0.4 is 0 Å². The number of ether oxygens (including phenoxy) is 1. The highest BCUT2D eigenvalue weighted by molar-refractivity contribution is 4.91. The van der Waals surface area contributed by atoms with Crippen LogP contribution in [0.25, 0.3) is 0 Å². The van der Waals surface area contributed by atoms with Gasteiger partial charge in [-0.2, -0.15) is 0 Å². The first kappa shape index (κ1) is 11.1. The SMILES string of the molecule is C1CCC(CCCC2CCC3OC3C2)CC1. The first-order valence-electron chi connectivity index (χ1n) is 7.57. The Hall–Kier alpha value is -0.0400. The van der Waals surface area contributed by atoms with Gasteiger partial charge in [0.1, 0.15) is 0 Å². The predicted octanol–water partition coefficient (Wildman–Crippen LogP) is 4.30. The van der Waals surface area contributed by atoms with Crippen molar-refractivity contribution in [3.05, 3.63) is 0 Å². The van der Waals surface area contributed by atoms with Crippen LogP contribution in [0.4, 0.5) is 0 Å². The van der Waals surface area contributed by atoms with Crippen LogP contribution in [-0.4, -0.2) is 12.2 Å². The van der Waals surface area contributed by atoms with Crippen LogP contribution in [0.1, 0.15) is 70.6 Å². The lowest BCUT2D eigenvalue weighted by Gasteiger charge is -2.23. The zero-order valence-electron chi connectivity index (χ0n) is 10.5. The van der Waals surface area contributed by atoms with Gasteiger partial charge < -0.3 is 4.74 Å². The van der Waals surface area contributed by atoms with Gasteiger partial charge in [0.15, 0.2) is 0 Å². The minimum absolute atomic E-state index is 0.688. The van der Waals surface area contributed by atoms with Crippen molar-refractivity contribution in [3.63, 3.8) is 0 Å². The highest BCUT2D eigenvalue weighted by Gasteiger charge is 2.43. The first-order valence-corrected chi connectivity index (χ1v) is 7.57. The molecule has 3 aliphatic rings. The van der Waals surface area contributed by atoms with Gasteiger partial charge in [-0.25, -0.2) is 0 Å². The Bertz CT molecular complexity index is 219. The first-order chi connectivity index (χ1) is 7.92. The van der Waals surface area contributed by atoms with E-state index in [1.54, 1.807) is 0 Å². The molecule has 3 rings (SSSR count). The average molecular weight is 222 g/mol. The molecule has 1 heteroatoms. The Balaban J connectivity index is 1.30. The highest BCUT2D eigenvalue weighted by atomic mass is 16.6. The van der Waals surface area contributed by atoms with Crippen molar-refractivity contribution in [3.8, 4) is 0 Å². The number of hydrogen-bond donors (Lipinski definition) is 0. The molecule has 3 unspecified atom stereocenters. The maximum Gasteiger partial charge on any atom is 0.0844 e. The topological polar surface area (TPSA) is 12.5 Å². The third-order valence-electron chi connectivity index (χ3n) is 5.06. The fourth-order valence-electron chi connectivity index (χ4n) is 3.92. The van der Waals surface area contributed by atoms with Crippen LogP contribution in [0.15, 0.2) is 0 Å². The zero-order chi connectivity index (χ0) is 10.8. The summed E-state index contributed by atoms with van der Waals surface area (Å²) in [5.41, 5.74) is 0. The molecule has 0 aromatic heterocycles. The van der Waals surface area contributed by atoms with E-state index in [0.29, 0.717) is 12.2 Å². The maximum absolute atomic E-state index is 5.60. The Kier molecular flexibility index (Phi) is 3.51. The van der Waals surface area contributed by atoms with Crippen LogP contribution in [-0.2, 0) is 4.74 Å². The van der Waals surface area contributed by atoms with Gasteiger partial charge in [-0.15, -0.1) is 0 Å². The Morgan fingerprint density at radius 2 is 1.56 bits per heavy atom. The van der Waals surface area contributed by atoms with Crippen molar-refractivity contribution >= 4 is 0 Å². The monoisotopic (exact) mass is 222 g/mol. The molecule has 2 saturated carbocycles. The quantitative estimate of drug-likeness (QED) is 0.646. The molecule has 0 radical (unpaired) electrons. The Morgan fingerprint density at radius 1 is 0.750 bits per heavy atom. The van der Waals surface area contributed by atoms with Crippen LogP contribution in [0.3, 0.4) is 0 Å². The van der Waals surface area contributed by atoms with E-state index in [0.717, 1.165) is 11.8 Å². The standard InChI is InChI=1S/C15H26O/c1-2-5-12(6-3-1)7-4-8-13-9-10-14-15(11-13)16-14/h12-15H,1-11H2. The second-order valence-corrected chi connectivity index (χ2v) is 6.33. The van der Waals surface area contributed by atoms with Gasteiger partial charge in [-0.1, -0.05) is 51.4 Å². The van der Waals surface area contributed by atoms with E-state index in [1.807, 2.05) is 0 Å². The second-order valence-electron chi connectivity index (χ2n) is 6.33. The third-order valence-corrected chi connectivity index (χ3v) is 5.06. The minimum Gasteiger partial charge on any atom is -0.370 e. The van der Waals surface area contributed by atoms with Crippen LogP contribution in [0.5, 0.6) is 0 Å². The molecule has 1 aliphatic heterocycles. The lowest BCUT2D eigenvalue weighted by atomic mass is 9.82. The average Bonchev–Trinajstić information content (AvgIpc) is 3.09. The summed E-state index contributed by atoms with van der Waals surface area (Å²) < 4.78 is 5.60. The zero-order valence-corrected chi connectivity index (χ0v) is 10.5. The molecular formula is C15H26O. The summed E-state index contributed by atoms with van der Waals surface area (Å²) in [6.07, 6.45) is 17.6. The maximum atomic E-state index is 5.60. The van der Waals surface area contributed by atoms with Crippen molar-refractivity contribution in [2.24, 2.45) is 11.8 Å². The predicted molar refractivity (Wildman–Crippen MR) is 66.4 cm³/mol. The smallest absolute Gasteiger partial charge is 0.0844 e. The van der Waals surface area contributed by atoms with Crippen LogP contribution >= 0.6 is 0 Å². The molecule has 0 aromatic carbocycles. The molecule has 92 valence electrons. The van der Waals surface area contributed by atoms with Crippen molar-refractivity contribution in [2.45, 2.75) is 82.8 Å². The van der Waals surface area contributed by atoms with E-state index in [1.165, 1.54) is 70.6 Å². The van der Waals surface area contributed by atoms with Crippen molar-refractivity contribution in [1.29, 1.82) is 0 Å². The van der Waals surface area contributed by atoms with Crippen molar-refractivity contribution in [2.75, 3.05) is 0 Å². The van der Waals surface area contributed by atoms with E-state index < -0.39 is 0 Å². The molecule has 3 atom stereocenters. The fourth-order valence-corrected chi connectivity index (χ4v) is 3.92. The van der Waals surface area contributed by atoms with E-state index in [9.17, 15) is 0 Å². The number of rotatable bonds is 4. The van der Waals surface area contributed by atoms with Gasteiger partial charge in [-0.3, -0.25) is 0 Å². The molecular weight excluding hydrogens is 196 g/mol. The largest absolute Gasteiger partial charge is 0.370 e. The molecule has 2 aliphatic carbocycles. The Morgan fingerprint density at radius 3 is 2.38 bits per heavy atom. The van der Waals surface area contributed by atoms with Gasteiger partial charge in [0.2, 0.25) is 0 Å². The lowest BCUT2D eigenvalue weighted by Crippen LogP contribution is -2.14. The molecule has 0 bridgehead atoms. The number of fused-ring (bicyclic) bond motifs is 1. The van der Waals surface area contributed by atoms with Crippen LogP contribution in [0.2, 0.25) is 0 Å². The molecule has 1 heterocycles. The van der Waals surface area contributed by atoms with E-state index in [4.69, 9.17) is 4.74 Å². The van der Waals surface area contributed by atoms with Gasteiger partial charge in [0, 0.05) is 0 Å². The van der Waals surface area contributed by atoms with E-state index in [-0.39, 0.29) is 0 Å². The molecule has 3 fully saturated rings. The molecule has 0 aromatic rings. The van der Waals surface area contributed by atoms with Gasteiger partial charge in [-0.05, 0) is 31.1 Å². The summed E-state index contributed by atoms with van der Waals surface area (Å²) in [6, 6.07) is 0. The van der Waals surface area contributed by atoms with Gasteiger partial charge in [0.05, 0.1) is 12.2 Å². The van der Waals surface area contributed by atoms with Crippen molar-refractivity contribution < 1.29 is 4.74 Å². The summed E-state index contributed by atoms with van der Waals surface area (Å²) in [4.78, 5) is 0. The van der Waals surface area contributed by atoms with E-state index >= 15 is 0 Å². The number of hydrogen-bond acceptors (Lipinski definition) is 1. The lowest BCUT2D eigenvalue weighted by molar-refractivity contribution is 0.299. The van der Waals surface area contributed by atoms with E-state index in [2.05, 4.69) is 0 Å². The Labute approximate surface area is 99.9 Å². The summed E-state index contributed by atoms with van der Waals surface area (Å²) in [5.74, 6) is 2.09. The normalized spacial score (nSPS) is 39.4. The summed E-state index contributed by atoms with van der Waals surface area (Å²) in [5, 5.41) is 0. The van der Waals surface area contributed by atoms with Crippen molar-refractivity contribution in [1.82, 2.24) is 0 Å². The van der Waals surface area contributed by atoms with Gasteiger partial charge in [0.25, 0.3) is 0 Å². The molecule has 16 heavy (non-hydrogen) atoms. The molecule has 0 spiro atoms. The molecule has 0 N–H and O–H groups in total. The molecule has 1 saturated heterocycles. The second kappa shape index (κ2) is 5.08. The summed E-state index contributed by atoms with van der Waals surface area (Å²) in [6.45, 7) is 0. The molecule has 0 amide bonds. The molecule has 1 nitrogen and oxygen atoms in total. The minimum atomic E-state index is 0.688. The fraction of sp³-hybridized carbons (Fsp3) is 1.00. The van der Waals surface area contributed by atoms with Crippen LogP contribution in [0, 0.1) is 11.8 Å². The highest BCUT2D eigenvalue weighted by Crippen LogP contribution is 2.41. The van der Waals surface area contributed by atoms with Gasteiger partial charge >= 0.3 is 0 Å². The third kappa shape index (κ3) is 2.80.